The lowest BCUT2D eigenvalue weighted by Gasteiger charge is -2.30. The smallest absolute Gasteiger partial charge is 0.00356 e. The van der Waals surface area contributed by atoms with Gasteiger partial charge in [-0.25, -0.2) is 0 Å². The molecular weight excluding hydrogens is 170 g/mol. The lowest BCUT2D eigenvalue weighted by atomic mass is 9.77. The van der Waals surface area contributed by atoms with Crippen molar-refractivity contribution in [3.05, 3.63) is 0 Å². The van der Waals surface area contributed by atoms with E-state index >= 15 is 0 Å². The highest BCUT2D eigenvalue weighted by Gasteiger charge is 2.50. The van der Waals surface area contributed by atoms with Gasteiger partial charge in [-0.1, -0.05) is 27.7 Å². The van der Waals surface area contributed by atoms with Crippen LogP contribution in [0.15, 0.2) is 0 Å². The van der Waals surface area contributed by atoms with Gasteiger partial charge in [-0.3, -0.25) is 0 Å². The van der Waals surface area contributed by atoms with Crippen molar-refractivity contribution in [1.29, 1.82) is 0 Å². The maximum absolute atomic E-state index is 2.52. The van der Waals surface area contributed by atoms with E-state index in [-0.39, 0.29) is 0 Å². The van der Waals surface area contributed by atoms with Gasteiger partial charge in [-0.05, 0) is 42.6 Å². The maximum Gasteiger partial charge on any atom is 0.00356 e. The van der Waals surface area contributed by atoms with Crippen LogP contribution >= 0.6 is 0 Å². The summed E-state index contributed by atoms with van der Waals surface area (Å²) in [4.78, 5) is 2.52. The Bertz CT molecular complexity index is 228. The number of hydrogen-bond donors (Lipinski definition) is 0. The quantitative estimate of drug-likeness (QED) is 0.574. The molecule has 0 radical (unpaired) electrons. The summed E-state index contributed by atoms with van der Waals surface area (Å²) in [5.74, 6) is 1.92. The van der Waals surface area contributed by atoms with E-state index in [0.29, 0.717) is 10.8 Å². The molecule has 1 unspecified atom stereocenters. The largest absolute Gasteiger partial charge is 0.306 e. The predicted octanol–water partition coefficient (Wildman–Crippen LogP) is 3.01. The van der Waals surface area contributed by atoms with Gasteiger partial charge in [-0.2, -0.15) is 0 Å². The van der Waals surface area contributed by atoms with Crippen molar-refractivity contribution in [3.63, 3.8) is 0 Å². The monoisotopic (exact) mass is 195 g/mol. The minimum Gasteiger partial charge on any atom is -0.306 e. The molecule has 14 heavy (non-hydrogen) atoms. The van der Waals surface area contributed by atoms with Crippen molar-refractivity contribution in [3.8, 4) is 0 Å². The third kappa shape index (κ3) is 1.60. The molecule has 2 fully saturated rings. The molecule has 0 aromatic carbocycles. The summed E-state index contributed by atoms with van der Waals surface area (Å²) in [7, 11) is 2.27. The van der Waals surface area contributed by atoms with Crippen LogP contribution in [0.25, 0.3) is 0 Å². The second-order valence-corrected chi connectivity index (χ2v) is 7.05. The normalized spacial score (nSPS) is 44.4. The van der Waals surface area contributed by atoms with Crippen molar-refractivity contribution < 1.29 is 0 Å². The van der Waals surface area contributed by atoms with Crippen LogP contribution in [0.5, 0.6) is 0 Å². The Morgan fingerprint density at radius 2 is 1.93 bits per heavy atom. The highest BCUT2D eigenvalue weighted by atomic mass is 15.1. The van der Waals surface area contributed by atoms with Crippen LogP contribution in [0, 0.1) is 22.7 Å². The summed E-state index contributed by atoms with van der Waals surface area (Å²) in [5, 5.41) is 0. The minimum absolute atomic E-state index is 0.520. The van der Waals surface area contributed by atoms with Crippen LogP contribution in [-0.2, 0) is 0 Å². The Morgan fingerprint density at radius 3 is 2.43 bits per heavy atom. The first-order valence-electron chi connectivity index (χ1n) is 6.00. The van der Waals surface area contributed by atoms with Crippen molar-refractivity contribution in [2.45, 2.75) is 40.5 Å². The van der Waals surface area contributed by atoms with Gasteiger partial charge in [0.25, 0.3) is 0 Å². The number of nitrogens with zero attached hydrogens (tertiary/aromatic N) is 1. The molecule has 0 bridgehead atoms. The Kier molecular flexibility index (Phi) is 2.23. The molecule has 1 saturated heterocycles. The van der Waals surface area contributed by atoms with Crippen LogP contribution in [0.2, 0.25) is 0 Å². The van der Waals surface area contributed by atoms with E-state index in [0.717, 1.165) is 11.8 Å². The maximum atomic E-state index is 2.52. The van der Waals surface area contributed by atoms with Gasteiger partial charge in [0, 0.05) is 13.1 Å². The number of likely N-dealkylation sites (tertiary alicyclic amines) is 1. The molecule has 1 heteroatoms. The molecule has 2 rings (SSSR count). The molecule has 82 valence electrons. The van der Waals surface area contributed by atoms with Gasteiger partial charge >= 0.3 is 0 Å². The van der Waals surface area contributed by atoms with E-state index in [1.165, 1.54) is 25.9 Å². The average Bonchev–Trinajstić information content (AvgIpc) is 2.36. The van der Waals surface area contributed by atoms with Crippen molar-refractivity contribution in [2.75, 3.05) is 20.1 Å². The van der Waals surface area contributed by atoms with Crippen LogP contribution in [0.1, 0.15) is 40.5 Å². The Balaban J connectivity index is 2.10. The summed E-state index contributed by atoms with van der Waals surface area (Å²) in [5.41, 5.74) is 1.15. The fourth-order valence-corrected chi connectivity index (χ4v) is 3.65. The van der Waals surface area contributed by atoms with Crippen LogP contribution in [-0.4, -0.2) is 25.0 Å². The highest BCUT2D eigenvalue weighted by Crippen LogP contribution is 2.55. The molecule has 0 spiro atoms. The fourth-order valence-electron chi connectivity index (χ4n) is 3.65. The summed E-state index contributed by atoms with van der Waals surface area (Å²) >= 11 is 0. The molecule has 0 aromatic heterocycles. The summed E-state index contributed by atoms with van der Waals surface area (Å²) < 4.78 is 0. The zero-order valence-electron chi connectivity index (χ0n) is 10.4. The SMILES string of the molecule is CN1C[C@H]2CC(C(C)(C)C)C[C@@]2(C)C1. The summed E-state index contributed by atoms with van der Waals surface area (Å²) in [6.45, 7) is 12.4. The zero-order valence-corrected chi connectivity index (χ0v) is 10.4. The van der Waals surface area contributed by atoms with Gasteiger partial charge < -0.3 is 4.90 Å². The number of rotatable bonds is 0. The predicted molar refractivity (Wildman–Crippen MR) is 61.3 cm³/mol. The third-order valence-corrected chi connectivity index (χ3v) is 4.66. The van der Waals surface area contributed by atoms with Crippen molar-refractivity contribution in [1.82, 2.24) is 4.90 Å². The molecule has 1 heterocycles. The second kappa shape index (κ2) is 2.98. The van der Waals surface area contributed by atoms with Crippen molar-refractivity contribution >= 4 is 0 Å². The van der Waals surface area contributed by atoms with E-state index in [2.05, 4.69) is 39.6 Å². The van der Waals surface area contributed by atoms with Crippen LogP contribution in [0.3, 0.4) is 0 Å². The Labute approximate surface area is 88.9 Å². The Hall–Kier alpha value is -0.0400. The summed E-state index contributed by atoms with van der Waals surface area (Å²) in [6, 6.07) is 0. The lowest BCUT2D eigenvalue weighted by Crippen LogP contribution is -2.25. The fraction of sp³-hybridized carbons (Fsp3) is 1.00. The standard InChI is InChI=1S/C13H25N/c1-12(2,3)10-6-11-8-14(5)9-13(11,4)7-10/h10-11H,6-9H2,1-5H3/t10?,11-,13+/m1/s1. The van der Waals surface area contributed by atoms with Gasteiger partial charge in [0.15, 0.2) is 0 Å². The average molecular weight is 195 g/mol. The first-order chi connectivity index (χ1) is 6.31. The van der Waals surface area contributed by atoms with Gasteiger partial charge in [-0.15, -0.1) is 0 Å². The van der Waals surface area contributed by atoms with Gasteiger partial charge in [0.05, 0.1) is 0 Å². The van der Waals surface area contributed by atoms with E-state index in [1.807, 2.05) is 0 Å². The van der Waals surface area contributed by atoms with E-state index < -0.39 is 0 Å². The zero-order chi connectivity index (χ0) is 10.6. The molecule has 1 nitrogen and oxygen atoms in total. The lowest BCUT2D eigenvalue weighted by molar-refractivity contribution is 0.200. The molecule has 3 atom stereocenters. The molecule has 0 aromatic rings. The molecule has 2 aliphatic rings. The summed E-state index contributed by atoms with van der Waals surface area (Å²) in [6.07, 6.45) is 2.91. The molecule has 0 N–H and O–H groups in total. The molecule has 0 amide bonds. The van der Waals surface area contributed by atoms with Gasteiger partial charge in [0.1, 0.15) is 0 Å². The molecule has 1 aliphatic carbocycles. The van der Waals surface area contributed by atoms with E-state index in [1.54, 1.807) is 0 Å². The van der Waals surface area contributed by atoms with E-state index in [4.69, 9.17) is 0 Å². The van der Waals surface area contributed by atoms with Gasteiger partial charge in [0.2, 0.25) is 0 Å². The van der Waals surface area contributed by atoms with Crippen LogP contribution in [0.4, 0.5) is 0 Å². The first kappa shape index (κ1) is 10.5. The highest BCUT2D eigenvalue weighted by molar-refractivity contribution is 5.02. The Morgan fingerprint density at radius 1 is 1.29 bits per heavy atom. The minimum atomic E-state index is 0.520. The second-order valence-electron chi connectivity index (χ2n) is 7.05. The molecule has 1 aliphatic heterocycles. The molecular formula is C13H25N. The number of hydrogen-bond acceptors (Lipinski definition) is 1. The molecule has 1 saturated carbocycles. The van der Waals surface area contributed by atoms with E-state index in [9.17, 15) is 0 Å². The van der Waals surface area contributed by atoms with Crippen molar-refractivity contribution in [2.24, 2.45) is 22.7 Å². The first-order valence-corrected chi connectivity index (χ1v) is 6.00. The third-order valence-electron chi connectivity index (χ3n) is 4.66. The number of fused-ring (bicyclic) bond motifs is 1. The topological polar surface area (TPSA) is 3.24 Å². The van der Waals surface area contributed by atoms with Crippen LogP contribution < -0.4 is 0 Å².